The lowest BCUT2D eigenvalue weighted by Crippen LogP contribution is -2.42. The molecule has 0 saturated carbocycles. The van der Waals surface area contributed by atoms with Gasteiger partial charge < -0.3 is 4.98 Å². The molecule has 2 heterocycles. The zero-order valence-electron chi connectivity index (χ0n) is 12.0. The summed E-state index contributed by atoms with van der Waals surface area (Å²) in [6.45, 7) is 3.03. The largest absolute Gasteiger partial charge is 0.358 e. The molecule has 1 aliphatic heterocycles. The van der Waals surface area contributed by atoms with Crippen LogP contribution in [0.2, 0.25) is 0 Å². The van der Waals surface area contributed by atoms with E-state index in [0.717, 1.165) is 28.6 Å². The molecular formula is C14H19N3O2S. The molecule has 20 heavy (non-hydrogen) atoms. The van der Waals surface area contributed by atoms with E-state index < -0.39 is 10.2 Å². The van der Waals surface area contributed by atoms with Gasteiger partial charge in [-0.25, -0.2) is 0 Å². The fourth-order valence-corrected chi connectivity index (χ4v) is 3.82. The quantitative estimate of drug-likeness (QED) is 0.915. The summed E-state index contributed by atoms with van der Waals surface area (Å²) in [5, 5.41) is 1.13. The monoisotopic (exact) mass is 293 g/mol. The van der Waals surface area contributed by atoms with Gasteiger partial charge in [0.15, 0.2) is 0 Å². The SMILES string of the molecule is Cc1ccc2c3c([nH]c2c1)CCN(S(=O)(=O)N(C)C)C3. The van der Waals surface area contributed by atoms with Crippen molar-refractivity contribution in [2.24, 2.45) is 0 Å². The van der Waals surface area contributed by atoms with Crippen molar-refractivity contribution in [3.63, 3.8) is 0 Å². The van der Waals surface area contributed by atoms with Crippen molar-refractivity contribution in [2.75, 3.05) is 20.6 Å². The van der Waals surface area contributed by atoms with Crippen molar-refractivity contribution in [1.82, 2.24) is 13.6 Å². The van der Waals surface area contributed by atoms with Crippen LogP contribution in [0.1, 0.15) is 16.8 Å². The second kappa shape index (κ2) is 4.58. The molecule has 0 atom stereocenters. The first-order valence-corrected chi connectivity index (χ1v) is 8.07. The third-order valence-corrected chi connectivity index (χ3v) is 5.77. The van der Waals surface area contributed by atoms with E-state index in [4.69, 9.17) is 0 Å². The molecule has 108 valence electrons. The van der Waals surface area contributed by atoms with Gasteiger partial charge in [-0.05, 0) is 24.1 Å². The average Bonchev–Trinajstić information content (AvgIpc) is 2.74. The molecule has 3 rings (SSSR count). The van der Waals surface area contributed by atoms with Crippen LogP contribution >= 0.6 is 0 Å². The summed E-state index contributed by atoms with van der Waals surface area (Å²) < 4.78 is 27.3. The topological polar surface area (TPSA) is 56.4 Å². The highest BCUT2D eigenvalue weighted by atomic mass is 32.2. The third kappa shape index (κ3) is 2.04. The van der Waals surface area contributed by atoms with Gasteiger partial charge in [-0.3, -0.25) is 0 Å². The van der Waals surface area contributed by atoms with Gasteiger partial charge in [-0.1, -0.05) is 12.1 Å². The van der Waals surface area contributed by atoms with E-state index >= 15 is 0 Å². The van der Waals surface area contributed by atoms with Gasteiger partial charge in [0.25, 0.3) is 10.2 Å². The van der Waals surface area contributed by atoms with Crippen molar-refractivity contribution in [3.05, 3.63) is 35.0 Å². The Kier molecular flexibility index (Phi) is 3.12. The van der Waals surface area contributed by atoms with E-state index in [2.05, 4.69) is 30.1 Å². The summed E-state index contributed by atoms with van der Waals surface area (Å²) in [5.74, 6) is 0. The lowest BCUT2D eigenvalue weighted by Gasteiger charge is -2.28. The van der Waals surface area contributed by atoms with Gasteiger partial charge in [0.2, 0.25) is 0 Å². The number of fused-ring (bicyclic) bond motifs is 3. The van der Waals surface area contributed by atoms with Crippen LogP contribution < -0.4 is 0 Å². The standard InChI is InChI=1S/C14H19N3O2S/c1-10-4-5-11-12-9-17(20(18,19)16(2)3)7-6-13(12)15-14(11)8-10/h4-5,8,15H,6-7,9H2,1-3H3. The van der Waals surface area contributed by atoms with E-state index in [0.29, 0.717) is 13.1 Å². The van der Waals surface area contributed by atoms with Crippen LogP contribution in [0.3, 0.4) is 0 Å². The predicted octanol–water partition coefficient (Wildman–Crippen LogP) is 1.64. The molecule has 6 heteroatoms. The summed E-state index contributed by atoms with van der Waals surface area (Å²) in [6.07, 6.45) is 0.732. The average molecular weight is 293 g/mol. The molecule has 0 spiro atoms. The van der Waals surface area contributed by atoms with Crippen LogP contribution in [0.4, 0.5) is 0 Å². The highest BCUT2D eigenvalue weighted by molar-refractivity contribution is 7.86. The Labute approximate surface area is 119 Å². The number of rotatable bonds is 2. The number of aromatic nitrogens is 1. The maximum Gasteiger partial charge on any atom is 0.281 e. The van der Waals surface area contributed by atoms with Crippen molar-refractivity contribution < 1.29 is 8.42 Å². The number of nitrogens with zero attached hydrogens (tertiary/aromatic N) is 2. The summed E-state index contributed by atoms with van der Waals surface area (Å²) >= 11 is 0. The molecule has 1 aliphatic rings. The van der Waals surface area contributed by atoms with E-state index in [-0.39, 0.29) is 0 Å². The second-order valence-electron chi connectivity index (χ2n) is 5.50. The number of benzene rings is 1. The van der Waals surface area contributed by atoms with Crippen LogP contribution in [0, 0.1) is 6.92 Å². The van der Waals surface area contributed by atoms with E-state index in [1.165, 1.54) is 9.87 Å². The van der Waals surface area contributed by atoms with Crippen LogP contribution in [0.15, 0.2) is 18.2 Å². The van der Waals surface area contributed by atoms with Crippen LogP contribution in [0.25, 0.3) is 10.9 Å². The van der Waals surface area contributed by atoms with Crippen molar-refractivity contribution in [3.8, 4) is 0 Å². The van der Waals surface area contributed by atoms with Gasteiger partial charge in [0.1, 0.15) is 0 Å². The van der Waals surface area contributed by atoms with E-state index in [1.54, 1.807) is 18.4 Å². The fraction of sp³-hybridized carbons (Fsp3) is 0.429. The lowest BCUT2D eigenvalue weighted by atomic mass is 10.1. The molecular weight excluding hydrogens is 274 g/mol. The molecule has 0 radical (unpaired) electrons. The Morgan fingerprint density at radius 2 is 2.05 bits per heavy atom. The van der Waals surface area contributed by atoms with Crippen molar-refractivity contribution in [1.29, 1.82) is 0 Å². The number of H-pyrrole nitrogens is 1. The molecule has 0 aliphatic carbocycles. The minimum absolute atomic E-state index is 0.443. The molecule has 0 unspecified atom stereocenters. The number of aryl methyl sites for hydroxylation is 1. The first-order chi connectivity index (χ1) is 9.39. The zero-order chi connectivity index (χ0) is 14.5. The molecule has 1 N–H and O–H groups in total. The second-order valence-corrected chi connectivity index (χ2v) is 7.65. The van der Waals surface area contributed by atoms with Gasteiger partial charge in [-0.2, -0.15) is 17.0 Å². The summed E-state index contributed by atoms with van der Waals surface area (Å²) in [7, 11) is -0.199. The van der Waals surface area contributed by atoms with Gasteiger partial charge in [-0.15, -0.1) is 0 Å². The smallest absolute Gasteiger partial charge is 0.281 e. The van der Waals surface area contributed by atoms with E-state index in [1.807, 2.05) is 0 Å². The molecule has 5 nitrogen and oxygen atoms in total. The van der Waals surface area contributed by atoms with Crippen molar-refractivity contribution in [2.45, 2.75) is 19.9 Å². The van der Waals surface area contributed by atoms with Gasteiger partial charge >= 0.3 is 0 Å². The van der Waals surface area contributed by atoms with Gasteiger partial charge in [0.05, 0.1) is 0 Å². The summed E-state index contributed by atoms with van der Waals surface area (Å²) in [6, 6.07) is 6.25. The first-order valence-electron chi connectivity index (χ1n) is 6.67. The maximum atomic E-state index is 12.2. The number of nitrogens with one attached hydrogen (secondary N) is 1. The third-order valence-electron chi connectivity index (χ3n) is 3.88. The highest BCUT2D eigenvalue weighted by Crippen LogP contribution is 2.29. The predicted molar refractivity (Wildman–Crippen MR) is 79.8 cm³/mol. The molecule has 0 fully saturated rings. The Hall–Kier alpha value is -1.37. The normalized spacial score (nSPS) is 16.8. The number of hydrogen-bond donors (Lipinski definition) is 1. The molecule has 0 amide bonds. The van der Waals surface area contributed by atoms with Crippen LogP contribution in [-0.2, 0) is 23.2 Å². The molecule has 1 aromatic carbocycles. The van der Waals surface area contributed by atoms with Gasteiger partial charge in [0, 0.05) is 50.2 Å². The molecule has 0 bridgehead atoms. The zero-order valence-corrected chi connectivity index (χ0v) is 12.8. The summed E-state index contributed by atoms with van der Waals surface area (Å²) in [5.41, 5.74) is 4.57. The van der Waals surface area contributed by atoms with Crippen molar-refractivity contribution >= 4 is 21.1 Å². The molecule has 2 aromatic rings. The highest BCUT2D eigenvalue weighted by Gasteiger charge is 2.30. The minimum Gasteiger partial charge on any atom is -0.358 e. The Bertz CT molecular complexity index is 762. The molecule has 1 aromatic heterocycles. The summed E-state index contributed by atoms with van der Waals surface area (Å²) in [4.78, 5) is 3.42. The van der Waals surface area contributed by atoms with Crippen LogP contribution in [0.5, 0.6) is 0 Å². The maximum absolute atomic E-state index is 12.2. The van der Waals surface area contributed by atoms with E-state index in [9.17, 15) is 8.42 Å². The Morgan fingerprint density at radius 1 is 1.30 bits per heavy atom. The lowest BCUT2D eigenvalue weighted by molar-refractivity contribution is 0.358. The Morgan fingerprint density at radius 3 is 2.75 bits per heavy atom. The van der Waals surface area contributed by atoms with Crippen LogP contribution in [-0.4, -0.2) is 42.7 Å². The molecule has 0 saturated heterocycles. The first kappa shape index (κ1) is 13.6. The minimum atomic E-state index is -3.34. The fourth-order valence-electron chi connectivity index (χ4n) is 2.74. The Balaban J connectivity index is 2.05. The number of aromatic amines is 1. The number of hydrogen-bond acceptors (Lipinski definition) is 2.